The van der Waals surface area contributed by atoms with Crippen LogP contribution >= 0.6 is 0 Å². The standard InChI is InChI=1S/C20H40O2/c1-3-5-6-7-8-9-10-11-12-13-14-15-17-20(22)18-19(21)16-4-2/h19,21H,3-18H2,1-2H3. The predicted molar refractivity (Wildman–Crippen MR) is 96.2 cm³/mol. The molecule has 22 heavy (non-hydrogen) atoms. The van der Waals surface area contributed by atoms with Crippen LogP contribution in [0.5, 0.6) is 0 Å². The molecule has 0 rings (SSSR count). The van der Waals surface area contributed by atoms with E-state index in [1.54, 1.807) is 0 Å². The molecule has 0 aliphatic rings. The Balaban J connectivity index is 3.18. The molecule has 1 N–H and O–H groups in total. The fraction of sp³-hybridized carbons (Fsp3) is 0.950. The second-order valence-electron chi connectivity index (χ2n) is 6.82. The molecule has 2 nitrogen and oxygen atoms in total. The first-order chi connectivity index (χ1) is 10.7. The molecule has 0 heterocycles. The van der Waals surface area contributed by atoms with Gasteiger partial charge in [-0.2, -0.15) is 0 Å². The monoisotopic (exact) mass is 312 g/mol. The minimum absolute atomic E-state index is 0.244. The van der Waals surface area contributed by atoms with Crippen LogP contribution < -0.4 is 0 Å². The second-order valence-corrected chi connectivity index (χ2v) is 6.82. The number of rotatable bonds is 17. The van der Waals surface area contributed by atoms with E-state index in [0.29, 0.717) is 12.8 Å². The maximum Gasteiger partial charge on any atom is 0.135 e. The lowest BCUT2D eigenvalue weighted by Gasteiger charge is -2.07. The third-order valence-corrected chi connectivity index (χ3v) is 4.39. The molecule has 0 radical (unpaired) electrons. The Bertz CT molecular complexity index is 238. The molecular formula is C20H40O2. The maximum absolute atomic E-state index is 11.7. The van der Waals surface area contributed by atoms with Crippen molar-refractivity contribution in [3.05, 3.63) is 0 Å². The van der Waals surface area contributed by atoms with Crippen LogP contribution in [0, 0.1) is 0 Å². The quantitative estimate of drug-likeness (QED) is 0.325. The largest absolute Gasteiger partial charge is 0.393 e. The fourth-order valence-corrected chi connectivity index (χ4v) is 2.96. The maximum atomic E-state index is 11.7. The molecule has 0 saturated carbocycles. The summed E-state index contributed by atoms with van der Waals surface area (Å²) in [5, 5.41) is 9.59. The van der Waals surface area contributed by atoms with Gasteiger partial charge in [0.2, 0.25) is 0 Å². The zero-order valence-electron chi connectivity index (χ0n) is 15.2. The summed E-state index contributed by atoms with van der Waals surface area (Å²) in [7, 11) is 0. The number of unbranched alkanes of at least 4 members (excludes halogenated alkanes) is 11. The minimum atomic E-state index is -0.408. The lowest BCUT2D eigenvalue weighted by molar-refractivity contribution is -0.121. The lowest BCUT2D eigenvalue weighted by Crippen LogP contribution is -2.12. The SMILES string of the molecule is CCCCCCCCCCCCCCC(=O)CC(O)CCC. The summed E-state index contributed by atoms with van der Waals surface area (Å²) in [4.78, 5) is 11.7. The number of hydrogen-bond acceptors (Lipinski definition) is 2. The molecule has 0 spiro atoms. The zero-order valence-corrected chi connectivity index (χ0v) is 15.2. The third kappa shape index (κ3) is 16.0. The summed E-state index contributed by atoms with van der Waals surface area (Å²) in [6.07, 6.45) is 18.2. The molecule has 132 valence electrons. The summed E-state index contributed by atoms with van der Waals surface area (Å²) in [6, 6.07) is 0. The third-order valence-electron chi connectivity index (χ3n) is 4.39. The Morgan fingerprint density at radius 1 is 0.727 bits per heavy atom. The van der Waals surface area contributed by atoms with E-state index in [-0.39, 0.29) is 5.78 Å². The number of carbonyl (C=O) groups is 1. The first-order valence-corrected chi connectivity index (χ1v) is 9.90. The van der Waals surface area contributed by atoms with Crippen molar-refractivity contribution < 1.29 is 9.90 Å². The number of hydrogen-bond donors (Lipinski definition) is 1. The summed E-state index contributed by atoms with van der Waals surface area (Å²) in [6.45, 7) is 4.31. The van der Waals surface area contributed by atoms with Gasteiger partial charge in [-0.25, -0.2) is 0 Å². The zero-order chi connectivity index (χ0) is 16.5. The van der Waals surface area contributed by atoms with E-state index in [1.165, 1.54) is 70.6 Å². The van der Waals surface area contributed by atoms with Crippen LogP contribution in [0.25, 0.3) is 0 Å². The van der Waals surface area contributed by atoms with Crippen molar-refractivity contribution in [3.8, 4) is 0 Å². The summed E-state index contributed by atoms with van der Waals surface area (Å²) in [5.41, 5.74) is 0. The van der Waals surface area contributed by atoms with E-state index in [4.69, 9.17) is 0 Å². The first-order valence-electron chi connectivity index (χ1n) is 9.90. The highest BCUT2D eigenvalue weighted by Gasteiger charge is 2.09. The smallest absolute Gasteiger partial charge is 0.135 e. The highest BCUT2D eigenvalue weighted by atomic mass is 16.3. The van der Waals surface area contributed by atoms with E-state index in [1.807, 2.05) is 6.92 Å². The molecule has 2 heteroatoms. The van der Waals surface area contributed by atoms with Gasteiger partial charge in [-0.3, -0.25) is 4.79 Å². The molecular weight excluding hydrogens is 272 g/mol. The first kappa shape index (κ1) is 21.6. The average Bonchev–Trinajstić information content (AvgIpc) is 2.48. The molecule has 0 bridgehead atoms. The number of aliphatic hydroxyl groups is 1. The van der Waals surface area contributed by atoms with Crippen molar-refractivity contribution in [2.24, 2.45) is 0 Å². The molecule has 1 unspecified atom stereocenters. The number of Topliss-reactive ketones (excluding diaryl/α,β-unsaturated/α-hetero) is 1. The van der Waals surface area contributed by atoms with Gasteiger partial charge in [0.1, 0.15) is 5.78 Å². The van der Waals surface area contributed by atoms with E-state index >= 15 is 0 Å². The Hall–Kier alpha value is -0.370. The molecule has 0 aromatic carbocycles. The molecule has 0 aliphatic carbocycles. The van der Waals surface area contributed by atoms with Gasteiger partial charge in [0, 0.05) is 12.8 Å². The summed E-state index contributed by atoms with van der Waals surface area (Å²) < 4.78 is 0. The average molecular weight is 313 g/mol. The second kappa shape index (κ2) is 17.0. The Morgan fingerprint density at radius 2 is 1.18 bits per heavy atom. The molecule has 0 saturated heterocycles. The van der Waals surface area contributed by atoms with Crippen LogP contribution in [-0.2, 0) is 4.79 Å². The van der Waals surface area contributed by atoms with Crippen LogP contribution in [0.1, 0.15) is 117 Å². The van der Waals surface area contributed by atoms with Crippen molar-refractivity contribution in [1.82, 2.24) is 0 Å². The summed E-state index contributed by atoms with van der Waals surface area (Å²) >= 11 is 0. The predicted octanol–water partition coefficient (Wildman–Crippen LogP) is 6.20. The lowest BCUT2D eigenvalue weighted by atomic mass is 10.0. The van der Waals surface area contributed by atoms with Gasteiger partial charge >= 0.3 is 0 Å². The van der Waals surface area contributed by atoms with Crippen LogP contribution in [0.2, 0.25) is 0 Å². The minimum Gasteiger partial charge on any atom is -0.393 e. The van der Waals surface area contributed by atoms with Gasteiger partial charge in [-0.05, 0) is 12.8 Å². The van der Waals surface area contributed by atoms with Crippen molar-refractivity contribution in [1.29, 1.82) is 0 Å². The molecule has 0 amide bonds. The van der Waals surface area contributed by atoms with Gasteiger partial charge in [0.15, 0.2) is 0 Å². The number of ketones is 1. The molecule has 0 fully saturated rings. The highest BCUT2D eigenvalue weighted by Crippen LogP contribution is 2.13. The van der Waals surface area contributed by atoms with Gasteiger partial charge in [0.25, 0.3) is 0 Å². The van der Waals surface area contributed by atoms with E-state index in [9.17, 15) is 9.90 Å². The van der Waals surface area contributed by atoms with Crippen LogP contribution in [0.15, 0.2) is 0 Å². The van der Waals surface area contributed by atoms with Crippen molar-refractivity contribution in [2.45, 2.75) is 123 Å². The van der Waals surface area contributed by atoms with Crippen LogP contribution in [-0.4, -0.2) is 17.0 Å². The van der Waals surface area contributed by atoms with Crippen molar-refractivity contribution >= 4 is 5.78 Å². The van der Waals surface area contributed by atoms with Crippen LogP contribution in [0.4, 0.5) is 0 Å². The Kier molecular flexibility index (Phi) is 16.7. The van der Waals surface area contributed by atoms with Crippen molar-refractivity contribution in [2.75, 3.05) is 0 Å². The molecule has 0 aromatic rings. The number of aliphatic hydroxyl groups excluding tert-OH is 1. The number of carbonyl (C=O) groups excluding carboxylic acids is 1. The van der Waals surface area contributed by atoms with Gasteiger partial charge in [-0.15, -0.1) is 0 Å². The summed E-state index contributed by atoms with van der Waals surface area (Å²) in [5.74, 6) is 0.244. The highest BCUT2D eigenvalue weighted by molar-refractivity contribution is 5.78. The van der Waals surface area contributed by atoms with Gasteiger partial charge in [0.05, 0.1) is 6.10 Å². The normalized spacial score (nSPS) is 12.5. The van der Waals surface area contributed by atoms with Gasteiger partial charge < -0.3 is 5.11 Å². The molecule has 1 atom stereocenters. The fourth-order valence-electron chi connectivity index (χ4n) is 2.96. The van der Waals surface area contributed by atoms with E-state index < -0.39 is 6.10 Å². The molecule has 0 aromatic heterocycles. The van der Waals surface area contributed by atoms with Crippen LogP contribution in [0.3, 0.4) is 0 Å². The molecule has 0 aliphatic heterocycles. The topological polar surface area (TPSA) is 37.3 Å². The van der Waals surface area contributed by atoms with Gasteiger partial charge in [-0.1, -0.05) is 90.9 Å². The van der Waals surface area contributed by atoms with Crippen molar-refractivity contribution in [3.63, 3.8) is 0 Å². The van der Waals surface area contributed by atoms with E-state index in [0.717, 1.165) is 19.3 Å². The van der Waals surface area contributed by atoms with E-state index in [2.05, 4.69) is 6.92 Å². The Morgan fingerprint density at radius 3 is 1.64 bits per heavy atom. The Labute approximate surface area is 139 Å².